The van der Waals surface area contributed by atoms with Crippen molar-refractivity contribution < 1.29 is 18.0 Å². The highest BCUT2D eigenvalue weighted by molar-refractivity contribution is 7.16. The summed E-state index contributed by atoms with van der Waals surface area (Å²) >= 11 is 1.00. The smallest absolute Gasteiger partial charge is 0.296 e. The van der Waals surface area contributed by atoms with Crippen LogP contribution in [0.15, 0.2) is 0 Å². The van der Waals surface area contributed by atoms with E-state index in [4.69, 9.17) is 0 Å². The van der Waals surface area contributed by atoms with Crippen LogP contribution in [-0.2, 0) is 6.18 Å². The molecule has 0 bridgehead atoms. The highest BCUT2D eigenvalue weighted by atomic mass is 32.1. The number of hydrogen-bond acceptors (Lipinski definition) is 4. The average molecular weight is 235 g/mol. The third kappa shape index (κ3) is 1.50. The van der Waals surface area contributed by atoms with Crippen molar-refractivity contribution in [3.8, 4) is 0 Å². The molecular weight excluding hydrogens is 231 g/mol. The van der Waals surface area contributed by atoms with Crippen molar-refractivity contribution in [3.05, 3.63) is 16.4 Å². The van der Waals surface area contributed by atoms with Crippen LogP contribution < -0.4 is 0 Å². The van der Waals surface area contributed by atoms with E-state index in [0.29, 0.717) is 5.01 Å². The van der Waals surface area contributed by atoms with Gasteiger partial charge in [-0.1, -0.05) is 11.3 Å². The number of carbonyl (C=O) groups excluding carboxylic acids is 1. The van der Waals surface area contributed by atoms with Gasteiger partial charge in [-0.2, -0.15) is 22.8 Å². The van der Waals surface area contributed by atoms with E-state index in [1.807, 2.05) is 0 Å². The molecule has 2 aromatic rings. The quantitative estimate of drug-likeness (QED) is 0.709. The van der Waals surface area contributed by atoms with Crippen LogP contribution in [-0.4, -0.2) is 20.9 Å². The number of aldehydes is 1. The number of rotatable bonds is 1. The molecule has 0 aromatic carbocycles. The third-order valence-corrected chi connectivity index (χ3v) is 2.54. The second-order valence-electron chi connectivity index (χ2n) is 2.78. The lowest BCUT2D eigenvalue weighted by Gasteiger charge is -2.01. The van der Waals surface area contributed by atoms with Crippen LogP contribution in [0.25, 0.3) is 4.96 Å². The minimum atomic E-state index is -4.63. The minimum Gasteiger partial charge on any atom is -0.296 e. The molecule has 2 aromatic heterocycles. The fraction of sp³-hybridized carbons (Fsp3) is 0.286. The van der Waals surface area contributed by atoms with Crippen LogP contribution in [0.2, 0.25) is 0 Å². The Hall–Kier alpha value is -1.44. The van der Waals surface area contributed by atoms with Gasteiger partial charge >= 0.3 is 6.18 Å². The molecule has 2 heterocycles. The van der Waals surface area contributed by atoms with Crippen molar-refractivity contribution in [1.29, 1.82) is 0 Å². The third-order valence-electron chi connectivity index (χ3n) is 1.72. The molecule has 0 aliphatic carbocycles. The van der Waals surface area contributed by atoms with Crippen LogP contribution in [0, 0.1) is 6.92 Å². The molecule has 4 nitrogen and oxygen atoms in total. The normalized spacial score (nSPS) is 12.3. The second kappa shape index (κ2) is 3.02. The molecule has 8 heteroatoms. The first-order valence-corrected chi connectivity index (χ1v) is 4.63. The lowest BCUT2D eigenvalue weighted by Crippen LogP contribution is -2.09. The predicted molar refractivity (Wildman–Crippen MR) is 46.0 cm³/mol. The maximum absolute atomic E-state index is 12.4. The lowest BCUT2D eigenvalue weighted by atomic mass is 10.3. The summed E-state index contributed by atoms with van der Waals surface area (Å²) in [5, 5.41) is 4.31. The fourth-order valence-corrected chi connectivity index (χ4v) is 1.92. The first kappa shape index (κ1) is 10.1. The SMILES string of the molecule is Cc1nn2c(C=O)c(C(F)(F)F)nc2s1. The number of fused-ring (bicyclic) bond motifs is 1. The Balaban J connectivity index is 2.77. The number of carbonyl (C=O) groups is 1. The summed E-state index contributed by atoms with van der Waals surface area (Å²) in [5.41, 5.74) is -1.74. The number of halogens is 3. The molecule has 0 spiro atoms. The molecule has 0 saturated carbocycles. The molecule has 0 saturated heterocycles. The van der Waals surface area contributed by atoms with E-state index in [9.17, 15) is 18.0 Å². The molecule has 80 valence electrons. The van der Waals surface area contributed by atoms with Gasteiger partial charge in [-0.25, -0.2) is 4.98 Å². The zero-order valence-electron chi connectivity index (χ0n) is 7.37. The predicted octanol–water partition coefficient (Wildman–Crippen LogP) is 1.93. The van der Waals surface area contributed by atoms with Gasteiger partial charge in [0, 0.05) is 0 Å². The van der Waals surface area contributed by atoms with Crippen molar-refractivity contribution in [3.63, 3.8) is 0 Å². The number of alkyl halides is 3. The summed E-state index contributed by atoms with van der Waals surface area (Å²) in [6, 6.07) is 0. The zero-order chi connectivity index (χ0) is 11.2. The van der Waals surface area contributed by atoms with Gasteiger partial charge in [0.05, 0.1) is 0 Å². The van der Waals surface area contributed by atoms with Gasteiger partial charge in [-0.15, -0.1) is 0 Å². The van der Waals surface area contributed by atoms with Crippen molar-refractivity contribution in [1.82, 2.24) is 14.6 Å². The van der Waals surface area contributed by atoms with E-state index in [2.05, 4.69) is 10.1 Å². The van der Waals surface area contributed by atoms with Crippen molar-refractivity contribution in [2.75, 3.05) is 0 Å². The molecule has 2 rings (SSSR count). The number of nitrogens with zero attached hydrogens (tertiary/aromatic N) is 3. The van der Waals surface area contributed by atoms with Gasteiger partial charge in [0.1, 0.15) is 10.7 Å². The Morgan fingerprint density at radius 3 is 2.67 bits per heavy atom. The Morgan fingerprint density at radius 1 is 1.47 bits per heavy atom. The molecule has 0 radical (unpaired) electrons. The second-order valence-corrected chi connectivity index (χ2v) is 3.94. The summed E-state index contributed by atoms with van der Waals surface area (Å²) in [4.78, 5) is 14.0. The van der Waals surface area contributed by atoms with Crippen LogP contribution in [0.1, 0.15) is 21.2 Å². The maximum atomic E-state index is 12.4. The number of hydrogen-bond donors (Lipinski definition) is 0. The zero-order valence-corrected chi connectivity index (χ0v) is 8.19. The van der Waals surface area contributed by atoms with E-state index in [0.717, 1.165) is 15.9 Å². The Labute approximate surface area is 85.4 Å². The molecular formula is C7H4F3N3OS. The Bertz CT molecular complexity index is 527. The minimum absolute atomic E-state index is 0.0712. The number of imidazole rings is 1. The summed E-state index contributed by atoms with van der Waals surface area (Å²) in [6.07, 6.45) is -4.51. The monoisotopic (exact) mass is 235 g/mol. The van der Waals surface area contributed by atoms with Gasteiger partial charge in [-0.3, -0.25) is 4.79 Å². The Morgan fingerprint density at radius 2 is 2.13 bits per heavy atom. The highest BCUT2D eigenvalue weighted by Crippen LogP contribution is 2.32. The molecule has 0 aliphatic rings. The first-order valence-electron chi connectivity index (χ1n) is 3.82. The van der Waals surface area contributed by atoms with E-state index >= 15 is 0 Å². The first-order chi connectivity index (χ1) is 6.93. The summed E-state index contributed by atoms with van der Waals surface area (Å²) in [7, 11) is 0. The van der Waals surface area contributed by atoms with Crippen molar-refractivity contribution in [2.45, 2.75) is 13.1 Å². The van der Waals surface area contributed by atoms with E-state index in [1.165, 1.54) is 0 Å². The molecule has 0 N–H and O–H groups in total. The highest BCUT2D eigenvalue weighted by Gasteiger charge is 2.38. The van der Waals surface area contributed by atoms with Crippen LogP contribution >= 0.6 is 11.3 Å². The molecule has 0 amide bonds. The number of aryl methyl sites for hydroxylation is 1. The Kier molecular flexibility index (Phi) is 2.03. The summed E-state index contributed by atoms with van der Waals surface area (Å²) < 4.78 is 38.1. The fourth-order valence-electron chi connectivity index (χ4n) is 1.17. The molecule has 0 aliphatic heterocycles. The van der Waals surface area contributed by atoms with Gasteiger partial charge in [0.25, 0.3) is 0 Å². The molecule has 0 unspecified atom stereocenters. The topological polar surface area (TPSA) is 47.3 Å². The van der Waals surface area contributed by atoms with Gasteiger partial charge in [0.15, 0.2) is 12.0 Å². The van der Waals surface area contributed by atoms with E-state index < -0.39 is 17.6 Å². The summed E-state index contributed by atoms with van der Waals surface area (Å²) in [5.74, 6) is 0. The van der Waals surface area contributed by atoms with Crippen LogP contribution in [0.5, 0.6) is 0 Å². The van der Waals surface area contributed by atoms with E-state index in [1.54, 1.807) is 6.92 Å². The number of aromatic nitrogens is 3. The van der Waals surface area contributed by atoms with Crippen LogP contribution in [0.3, 0.4) is 0 Å². The standard InChI is InChI=1S/C7H4F3N3OS/c1-3-12-13-4(2-14)5(7(8,9)10)11-6(13)15-3/h2H,1H3. The van der Waals surface area contributed by atoms with Crippen LogP contribution in [0.4, 0.5) is 13.2 Å². The molecule has 0 fully saturated rings. The lowest BCUT2D eigenvalue weighted by molar-refractivity contribution is -0.141. The largest absolute Gasteiger partial charge is 0.435 e. The van der Waals surface area contributed by atoms with Gasteiger partial charge in [-0.05, 0) is 6.92 Å². The van der Waals surface area contributed by atoms with Crippen molar-refractivity contribution in [2.24, 2.45) is 0 Å². The molecule has 0 atom stereocenters. The maximum Gasteiger partial charge on any atom is 0.435 e. The average Bonchev–Trinajstić information content (AvgIpc) is 2.58. The van der Waals surface area contributed by atoms with Crippen molar-refractivity contribution >= 4 is 22.6 Å². The van der Waals surface area contributed by atoms with Gasteiger partial charge < -0.3 is 0 Å². The van der Waals surface area contributed by atoms with Gasteiger partial charge in [0.2, 0.25) is 4.96 Å². The summed E-state index contributed by atoms with van der Waals surface area (Å²) in [6.45, 7) is 1.63. The molecule has 15 heavy (non-hydrogen) atoms. The van der Waals surface area contributed by atoms with E-state index in [-0.39, 0.29) is 11.2 Å².